The van der Waals surface area contributed by atoms with Crippen LogP contribution in [0.1, 0.15) is 25.2 Å². The topological polar surface area (TPSA) is 41.4 Å². The third-order valence-corrected chi connectivity index (χ3v) is 4.16. The van der Waals surface area contributed by atoms with Crippen LogP contribution < -0.4 is 0 Å². The number of rotatable bonds is 6. The van der Waals surface area contributed by atoms with Crippen molar-refractivity contribution in [1.29, 1.82) is 0 Å². The Balaban J connectivity index is 2.84. The maximum Gasteiger partial charge on any atom is 0.236 e. The smallest absolute Gasteiger partial charge is 0.236 e. The van der Waals surface area contributed by atoms with Gasteiger partial charge >= 0.3 is 0 Å². The SMILES string of the molecule is CCN(CC(=O)N(C)C)Cc1c(Br)c(C)nn1CC. The predicted molar refractivity (Wildman–Crippen MR) is 80.0 cm³/mol. The number of likely N-dealkylation sites (N-methyl/N-ethyl adjacent to an activating group) is 2. The van der Waals surface area contributed by atoms with Crippen molar-refractivity contribution in [2.45, 2.75) is 33.9 Å². The van der Waals surface area contributed by atoms with Crippen LogP contribution in [0.2, 0.25) is 0 Å². The number of nitrogens with zero attached hydrogens (tertiary/aromatic N) is 4. The molecule has 1 aromatic rings. The highest BCUT2D eigenvalue weighted by Crippen LogP contribution is 2.22. The van der Waals surface area contributed by atoms with E-state index in [1.807, 2.05) is 11.6 Å². The van der Waals surface area contributed by atoms with E-state index in [1.165, 1.54) is 0 Å². The molecule has 1 amide bonds. The highest BCUT2D eigenvalue weighted by molar-refractivity contribution is 9.10. The van der Waals surface area contributed by atoms with E-state index in [0.29, 0.717) is 6.54 Å². The van der Waals surface area contributed by atoms with E-state index in [0.717, 1.165) is 35.5 Å². The van der Waals surface area contributed by atoms with Crippen molar-refractivity contribution in [3.05, 3.63) is 15.9 Å². The molecule has 0 aliphatic rings. The minimum Gasteiger partial charge on any atom is -0.348 e. The van der Waals surface area contributed by atoms with Crippen molar-refractivity contribution in [3.8, 4) is 0 Å². The van der Waals surface area contributed by atoms with Crippen molar-refractivity contribution in [3.63, 3.8) is 0 Å². The van der Waals surface area contributed by atoms with E-state index in [9.17, 15) is 4.79 Å². The van der Waals surface area contributed by atoms with Crippen molar-refractivity contribution < 1.29 is 4.79 Å². The second-order valence-electron chi connectivity index (χ2n) is 4.75. The summed E-state index contributed by atoms with van der Waals surface area (Å²) in [6, 6.07) is 0. The molecule has 0 saturated carbocycles. The number of hydrogen-bond donors (Lipinski definition) is 0. The molecule has 0 bridgehead atoms. The van der Waals surface area contributed by atoms with Gasteiger partial charge in [0.15, 0.2) is 0 Å². The van der Waals surface area contributed by atoms with E-state index in [2.05, 4.69) is 39.8 Å². The van der Waals surface area contributed by atoms with E-state index < -0.39 is 0 Å². The zero-order valence-corrected chi connectivity index (χ0v) is 14.0. The third-order valence-electron chi connectivity index (χ3n) is 3.13. The molecule has 0 atom stereocenters. The minimum absolute atomic E-state index is 0.122. The lowest BCUT2D eigenvalue weighted by Gasteiger charge is -2.22. The first-order chi connectivity index (χ1) is 8.90. The summed E-state index contributed by atoms with van der Waals surface area (Å²) in [5, 5.41) is 4.48. The van der Waals surface area contributed by atoms with Gasteiger partial charge in [-0.1, -0.05) is 6.92 Å². The number of carbonyl (C=O) groups is 1. The van der Waals surface area contributed by atoms with Crippen LogP contribution in [0.25, 0.3) is 0 Å². The second-order valence-corrected chi connectivity index (χ2v) is 5.55. The first-order valence-corrected chi connectivity index (χ1v) is 7.34. The zero-order chi connectivity index (χ0) is 14.6. The van der Waals surface area contributed by atoms with E-state index in [-0.39, 0.29) is 5.91 Å². The molecule has 0 aromatic carbocycles. The van der Waals surface area contributed by atoms with E-state index in [1.54, 1.807) is 19.0 Å². The van der Waals surface area contributed by atoms with Crippen LogP contribution in [0, 0.1) is 6.92 Å². The highest BCUT2D eigenvalue weighted by Gasteiger charge is 2.17. The van der Waals surface area contributed by atoms with E-state index in [4.69, 9.17) is 0 Å². The highest BCUT2D eigenvalue weighted by atomic mass is 79.9. The van der Waals surface area contributed by atoms with Crippen LogP contribution >= 0.6 is 15.9 Å². The molecule has 0 unspecified atom stereocenters. The van der Waals surface area contributed by atoms with Gasteiger partial charge in [-0.05, 0) is 36.3 Å². The Morgan fingerprint density at radius 3 is 2.47 bits per heavy atom. The monoisotopic (exact) mass is 330 g/mol. The van der Waals surface area contributed by atoms with Crippen LogP contribution in [-0.2, 0) is 17.9 Å². The summed E-state index contributed by atoms with van der Waals surface area (Å²) in [4.78, 5) is 15.5. The molecular formula is C13H23BrN4O. The van der Waals surface area contributed by atoms with Gasteiger partial charge in [0.1, 0.15) is 0 Å². The summed E-state index contributed by atoms with van der Waals surface area (Å²) >= 11 is 3.59. The fourth-order valence-electron chi connectivity index (χ4n) is 1.84. The normalized spacial score (nSPS) is 11.1. The molecule has 0 fully saturated rings. The second kappa shape index (κ2) is 7.05. The van der Waals surface area contributed by atoms with Crippen molar-refractivity contribution >= 4 is 21.8 Å². The largest absolute Gasteiger partial charge is 0.348 e. The maximum atomic E-state index is 11.8. The Hall–Kier alpha value is -0.880. The lowest BCUT2D eigenvalue weighted by molar-refractivity contribution is -0.130. The number of halogens is 1. The molecule has 0 N–H and O–H groups in total. The number of aryl methyl sites for hydroxylation is 2. The molecular weight excluding hydrogens is 308 g/mol. The molecule has 0 aliphatic heterocycles. The van der Waals surface area contributed by atoms with Crippen molar-refractivity contribution in [2.24, 2.45) is 0 Å². The van der Waals surface area contributed by atoms with Crippen LogP contribution in [0.4, 0.5) is 0 Å². The minimum atomic E-state index is 0.122. The average molecular weight is 331 g/mol. The predicted octanol–water partition coefficient (Wildman–Crippen LogP) is 1.88. The van der Waals surface area contributed by atoms with Gasteiger partial charge in [0.2, 0.25) is 5.91 Å². The van der Waals surface area contributed by atoms with Gasteiger partial charge in [-0.3, -0.25) is 14.4 Å². The molecule has 108 valence electrons. The summed E-state index contributed by atoms with van der Waals surface area (Å²) in [5.74, 6) is 0.122. The molecule has 1 rings (SSSR count). The lowest BCUT2D eigenvalue weighted by atomic mass is 10.3. The van der Waals surface area contributed by atoms with Gasteiger partial charge in [-0.25, -0.2) is 0 Å². The molecule has 0 spiro atoms. The third kappa shape index (κ3) is 4.04. The molecule has 0 saturated heterocycles. The summed E-state index contributed by atoms with van der Waals surface area (Å²) in [6.07, 6.45) is 0. The Bertz CT molecular complexity index is 442. The standard InChI is InChI=1S/C13H23BrN4O/c1-6-17(9-12(19)16(4)5)8-11-13(14)10(3)15-18(11)7-2/h6-9H2,1-5H3. The maximum absolute atomic E-state index is 11.8. The average Bonchev–Trinajstić information content (AvgIpc) is 2.64. The number of aromatic nitrogens is 2. The number of amides is 1. The summed E-state index contributed by atoms with van der Waals surface area (Å²) < 4.78 is 3.03. The Morgan fingerprint density at radius 1 is 1.37 bits per heavy atom. The van der Waals surface area contributed by atoms with Gasteiger partial charge in [-0.2, -0.15) is 5.10 Å². The van der Waals surface area contributed by atoms with Crippen LogP contribution in [0.15, 0.2) is 4.47 Å². The van der Waals surface area contributed by atoms with Gasteiger partial charge in [-0.15, -0.1) is 0 Å². The first-order valence-electron chi connectivity index (χ1n) is 6.54. The number of carbonyl (C=O) groups excluding carboxylic acids is 1. The van der Waals surface area contributed by atoms with Gasteiger partial charge < -0.3 is 4.90 Å². The fourth-order valence-corrected chi connectivity index (χ4v) is 2.25. The fraction of sp³-hybridized carbons (Fsp3) is 0.692. The van der Waals surface area contributed by atoms with Crippen molar-refractivity contribution in [2.75, 3.05) is 27.2 Å². The number of hydrogen-bond acceptors (Lipinski definition) is 3. The van der Waals surface area contributed by atoms with Crippen LogP contribution in [0.5, 0.6) is 0 Å². The van der Waals surface area contributed by atoms with Gasteiger partial charge in [0, 0.05) is 27.2 Å². The van der Waals surface area contributed by atoms with Crippen LogP contribution in [-0.4, -0.2) is 52.7 Å². The first kappa shape index (κ1) is 16.2. The Labute approximate surface area is 123 Å². The molecule has 6 heteroatoms. The zero-order valence-electron chi connectivity index (χ0n) is 12.4. The molecule has 0 radical (unpaired) electrons. The van der Waals surface area contributed by atoms with Crippen molar-refractivity contribution in [1.82, 2.24) is 19.6 Å². The molecule has 5 nitrogen and oxygen atoms in total. The van der Waals surface area contributed by atoms with Gasteiger partial charge in [0.25, 0.3) is 0 Å². The Kier molecular flexibility index (Phi) is 6.00. The van der Waals surface area contributed by atoms with E-state index >= 15 is 0 Å². The molecule has 0 aliphatic carbocycles. The lowest BCUT2D eigenvalue weighted by Crippen LogP contribution is -2.36. The molecule has 1 aromatic heterocycles. The van der Waals surface area contributed by atoms with Crippen LogP contribution in [0.3, 0.4) is 0 Å². The quantitative estimate of drug-likeness (QED) is 0.799. The summed E-state index contributed by atoms with van der Waals surface area (Å²) in [5.41, 5.74) is 2.13. The van der Waals surface area contributed by atoms with Gasteiger partial charge in [0.05, 0.1) is 22.4 Å². The summed E-state index contributed by atoms with van der Waals surface area (Å²) in [7, 11) is 3.57. The molecule has 19 heavy (non-hydrogen) atoms. The summed E-state index contributed by atoms with van der Waals surface area (Å²) in [6.45, 7) is 8.96. The Morgan fingerprint density at radius 2 is 2.00 bits per heavy atom. The molecule has 1 heterocycles.